The zero-order valence-corrected chi connectivity index (χ0v) is 9.16. The van der Waals surface area contributed by atoms with Gasteiger partial charge in [0.1, 0.15) is 6.10 Å². The summed E-state index contributed by atoms with van der Waals surface area (Å²) >= 11 is 0. The van der Waals surface area contributed by atoms with Crippen LogP contribution in [0.4, 0.5) is 8.78 Å². The van der Waals surface area contributed by atoms with Crippen molar-refractivity contribution in [3.63, 3.8) is 0 Å². The van der Waals surface area contributed by atoms with E-state index in [4.69, 9.17) is 10.5 Å². The van der Waals surface area contributed by atoms with Crippen LogP contribution in [0.3, 0.4) is 0 Å². The van der Waals surface area contributed by atoms with E-state index in [-0.39, 0.29) is 11.7 Å². The van der Waals surface area contributed by atoms with E-state index in [0.717, 1.165) is 6.07 Å². The van der Waals surface area contributed by atoms with Gasteiger partial charge in [0.2, 0.25) is 0 Å². The molecule has 1 heterocycles. The number of benzene rings is 1. The lowest BCUT2D eigenvalue weighted by Gasteiger charge is -2.11. The molecular formula is C12H13F2NO2. The maximum absolute atomic E-state index is 13.4. The van der Waals surface area contributed by atoms with E-state index >= 15 is 0 Å². The van der Waals surface area contributed by atoms with E-state index in [1.54, 1.807) is 0 Å². The molecule has 1 aromatic carbocycles. The predicted molar refractivity (Wildman–Crippen MR) is 57.6 cm³/mol. The second-order valence-corrected chi connectivity index (χ2v) is 4.03. The fourth-order valence-corrected chi connectivity index (χ4v) is 1.94. The van der Waals surface area contributed by atoms with Gasteiger partial charge < -0.3 is 10.5 Å². The van der Waals surface area contributed by atoms with Crippen LogP contribution in [0.15, 0.2) is 18.2 Å². The van der Waals surface area contributed by atoms with Gasteiger partial charge in [0.05, 0.1) is 11.7 Å². The maximum Gasteiger partial charge on any atom is 0.194 e. The highest BCUT2D eigenvalue weighted by atomic mass is 19.2. The Balaban J connectivity index is 2.18. The second-order valence-electron chi connectivity index (χ2n) is 4.03. The van der Waals surface area contributed by atoms with Crippen molar-refractivity contribution < 1.29 is 18.3 Å². The van der Waals surface area contributed by atoms with Gasteiger partial charge in [-0.15, -0.1) is 0 Å². The molecule has 1 aliphatic heterocycles. The molecule has 1 aromatic rings. The van der Waals surface area contributed by atoms with E-state index in [1.165, 1.54) is 12.1 Å². The van der Waals surface area contributed by atoms with E-state index < -0.39 is 23.5 Å². The van der Waals surface area contributed by atoms with Gasteiger partial charge in [-0.25, -0.2) is 8.78 Å². The van der Waals surface area contributed by atoms with Gasteiger partial charge in [-0.1, -0.05) is 6.07 Å². The number of ketones is 1. The molecule has 2 atom stereocenters. The molecule has 0 spiro atoms. The first kappa shape index (κ1) is 12.1. The summed E-state index contributed by atoms with van der Waals surface area (Å²) in [6, 6.07) is 3.55. The first-order valence-corrected chi connectivity index (χ1v) is 5.47. The molecule has 5 heteroatoms. The molecule has 0 radical (unpaired) electrons. The van der Waals surface area contributed by atoms with Gasteiger partial charge in [-0.3, -0.25) is 4.79 Å². The standard InChI is InChI=1S/C12H13F2NO2/c13-9-3-1-2-8(11(9)14)12(16)10-5-4-7(6-15)17-10/h1-3,7,10H,4-6,15H2. The number of carbonyl (C=O) groups excluding carboxylic acids is 1. The first-order valence-electron chi connectivity index (χ1n) is 5.47. The van der Waals surface area contributed by atoms with Crippen LogP contribution in [0.2, 0.25) is 0 Å². The Bertz CT molecular complexity index is 437. The van der Waals surface area contributed by atoms with Gasteiger partial charge in [0.25, 0.3) is 0 Å². The van der Waals surface area contributed by atoms with E-state index in [9.17, 15) is 13.6 Å². The lowest BCUT2D eigenvalue weighted by atomic mass is 10.0. The Labute approximate surface area is 97.6 Å². The van der Waals surface area contributed by atoms with Crippen molar-refractivity contribution in [2.24, 2.45) is 5.73 Å². The zero-order chi connectivity index (χ0) is 12.4. The Morgan fingerprint density at radius 3 is 2.82 bits per heavy atom. The summed E-state index contributed by atoms with van der Waals surface area (Å²) < 4.78 is 31.7. The molecule has 0 aliphatic carbocycles. The Morgan fingerprint density at radius 2 is 2.18 bits per heavy atom. The lowest BCUT2D eigenvalue weighted by Crippen LogP contribution is -2.26. The largest absolute Gasteiger partial charge is 0.366 e. The molecule has 2 rings (SSSR count). The molecule has 92 valence electrons. The molecule has 17 heavy (non-hydrogen) atoms. The normalized spacial score (nSPS) is 23.9. The number of rotatable bonds is 3. The Kier molecular flexibility index (Phi) is 3.49. The van der Waals surface area contributed by atoms with Crippen LogP contribution in [0, 0.1) is 11.6 Å². The number of Topliss-reactive ketones (excluding diaryl/α,β-unsaturated/α-hetero) is 1. The number of halogens is 2. The Hall–Kier alpha value is -1.33. The molecule has 1 saturated heterocycles. The number of hydrogen-bond donors (Lipinski definition) is 1. The highest BCUT2D eigenvalue weighted by molar-refractivity contribution is 5.99. The lowest BCUT2D eigenvalue weighted by molar-refractivity contribution is 0.0400. The van der Waals surface area contributed by atoms with Crippen LogP contribution < -0.4 is 5.73 Å². The fraction of sp³-hybridized carbons (Fsp3) is 0.417. The third-order valence-electron chi connectivity index (χ3n) is 2.88. The monoisotopic (exact) mass is 241 g/mol. The summed E-state index contributed by atoms with van der Waals surface area (Å²) in [6.45, 7) is 0.329. The van der Waals surface area contributed by atoms with Crippen LogP contribution in [0.1, 0.15) is 23.2 Å². The quantitative estimate of drug-likeness (QED) is 0.819. The van der Waals surface area contributed by atoms with Crippen molar-refractivity contribution in [3.8, 4) is 0 Å². The highest BCUT2D eigenvalue weighted by Crippen LogP contribution is 2.24. The minimum Gasteiger partial charge on any atom is -0.366 e. The molecule has 2 unspecified atom stereocenters. The minimum absolute atomic E-state index is 0.166. The number of carbonyl (C=O) groups is 1. The van der Waals surface area contributed by atoms with Crippen LogP contribution in [0.5, 0.6) is 0 Å². The average molecular weight is 241 g/mol. The first-order chi connectivity index (χ1) is 8.13. The summed E-state index contributed by atoms with van der Waals surface area (Å²) in [6.07, 6.45) is 0.293. The summed E-state index contributed by atoms with van der Waals surface area (Å²) in [5.41, 5.74) is 5.16. The van der Waals surface area contributed by atoms with Gasteiger partial charge in [-0.05, 0) is 25.0 Å². The zero-order valence-electron chi connectivity index (χ0n) is 9.16. The SMILES string of the molecule is NCC1CCC(C(=O)c2cccc(F)c2F)O1. The third-order valence-corrected chi connectivity index (χ3v) is 2.88. The predicted octanol–water partition coefficient (Wildman–Crippen LogP) is 1.65. The third kappa shape index (κ3) is 2.35. The maximum atomic E-state index is 13.4. The number of nitrogens with two attached hydrogens (primary N) is 1. The van der Waals surface area contributed by atoms with Gasteiger partial charge in [0.15, 0.2) is 17.4 Å². The molecule has 0 bridgehead atoms. The average Bonchev–Trinajstić information content (AvgIpc) is 2.80. The molecule has 1 aliphatic rings. The van der Waals surface area contributed by atoms with Crippen molar-refractivity contribution in [2.75, 3.05) is 6.54 Å². The highest BCUT2D eigenvalue weighted by Gasteiger charge is 2.32. The summed E-state index contributed by atoms with van der Waals surface area (Å²) in [4.78, 5) is 11.9. The molecule has 0 aromatic heterocycles. The van der Waals surface area contributed by atoms with Gasteiger partial charge >= 0.3 is 0 Å². The summed E-state index contributed by atoms with van der Waals surface area (Å²) in [5.74, 6) is -2.65. The topological polar surface area (TPSA) is 52.3 Å². The minimum atomic E-state index is -1.11. The van der Waals surface area contributed by atoms with Crippen LogP contribution >= 0.6 is 0 Å². The second kappa shape index (κ2) is 4.89. The van der Waals surface area contributed by atoms with E-state index in [1.807, 2.05) is 0 Å². The smallest absolute Gasteiger partial charge is 0.194 e. The Morgan fingerprint density at radius 1 is 1.41 bits per heavy atom. The van der Waals surface area contributed by atoms with E-state index in [2.05, 4.69) is 0 Å². The molecular weight excluding hydrogens is 228 g/mol. The van der Waals surface area contributed by atoms with Gasteiger partial charge in [-0.2, -0.15) is 0 Å². The summed E-state index contributed by atoms with van der Waals surface area (Å²) in [7, 11) is 0. The summed E-state index contributed by atoms with van der Waals surface area (Å²) in [5, 5.41) is 0. The fourth-order valence-electron chi connectivity index (χ4n) is 1.94. The number of hydrogen-bond acceptors (Lipinski definition) is 3. The van der Waals surface area contributed by atoms with Crippen LogP contribution in [-0.2, 0) is 4.74 Å². The molecule has 0 amide bonds. The molecule has 0 saturated carbocycles. The van der Waals surface area contributed by atoms with Crippen molar-refractivity contribution in [1.29, 1.82) is 0 Å². The van der Waals surface area contributed by atoms with Crippen LogP contribution in [-0.4, -0.2) is 24.5 Å². The van der Waals surface area contributed by atoms with Crippen LogP contribution in [0.25, 0.3) is 0 Å². The van der Waals surface area contributed by atoms with Crippen molar-refractivity contribution in [2.45, 2.75) is 25.0 Å². The van der Waals surface area contributed by atoms with Crippen molar-refractivity contribution in [1.82, 2.24) is 0 Å². The van der Waals surface area contributed by atoms with E-state index in [0.29, 0.717) is 19.4 Å². The van der Waals surface area contributed by atoms with Crippen molar-refractivity contribution in [3.05, 3.63) is 35.4 Å². The number of ether oxygens (including phenoxy) is 1. The molecule has 2 N–H and O–H groups in total. The molecule has 1 fully saturated rings. The van der Waals surface area contributed by atoms with Gasteiger partial charge in [0, 0.05) is 6.54 Å². The van der Waals surface area contributed by atoms with Crippen molar-refractivity contribution >= 4 is 5.78 Å². The molecule has 3 nitrogen and oxygen atoms in total.